The van der Waals surface area contributed by atoms with Crippen molar-refractivity contribution in [3.8, 4) is 5.75 Å². The summed E-state index contributed by atoms with van der Waals surface area (Å²) in [6.07, 6.45) is 2.02. The van der Waals surface area contributed by atoms with E-state index in [4.69, 9.17) is 20.8 Å². The lowest BCUT2D eigenvalue weighted by molar-refractivity contribution is 0.0971. The van der Waals surface area contributed by atoms with Gasteiger partial charge in [-0.15, -0.1) is 0 Å². The molecule has 1 aliphatic heterocycles. The highest BCUT2D eigenvalue weighted by Gasteiger charge is 2.43. The first-order valence-electron chi connectivity index (χ1n) is 11.5. The van der Waals surface area contributed by atoms with Crippen molar-refractivity contribution < 1.29 is 13.9 Å². The molecule has 178 valence electrons. The summed E-state index contributed by atoms with van der Waals surface area (Å²) >= 11 is 9.84. The Hall–Kier alpha value is -3.09. The number of halogens is 2. The summed E-state index contributed by atoms with van der Waals surface area (Å²) in [5.41, 5.74) is 2.72. The number of carbonyl (C=O) groups excluding carboxylic acids is 1. The van der Waals surface area contributed by atoms with Gasteiger partial charge in [-0.2, -0.15) is 0 Å². The number of unbranched alkanes of at least 4 members (excludes halogenated alkanes) is 1. The maximum Gasteiger partial charge on any atom is 0.295 e. The quantitative estimate of drug-likeness (QED) is 0.233. The van der Waals surface area contributed by atoms with E-state index in [1.54, 1.807) is 29.2 Å². The van der Waals surface area contributed by atoms with Crippen LogP contribution in [0.2, 0.25) is 5.02 Å². The highest BCUT2D eigenvalue weighted by molar-refractivity contribution is 9.10. The zero-order chi connectivity index (χ0) is 24.7. The highest BCUT2D eigenvalue weighted by Crippen LogP contribution is 2.42. The number of anilines is 1. The maximum absolute atomic E-state index is 13.7. The van der Waals surface area contributed by atoms with Crippen LogP contribution >= 0.6 is 27.5 Å². The van der Waals surface area contributed by atoms with E-state index in [1.807, 2.05) is 43.3 Å². The number of amides is 1. The number of ether oxygens (including phenoxy) is 1. The molecule has 1 unspecified atom stereocenters. The second kappa shape index (κ2) is 9.51. The monoisotopic (exact) mass is 551 g/mol. The van der Waals surface area contributed by atoms with Gasteiger partial charge in [0.2, 0.25) is 5.76 Å². The number of hydrogen-bond donors (Lipinski definition) is 0. The van der Waals surface area contributed by atoms with E-state index < -0.39 is 6.04 Å². The molecular weight excluding hydrogens is 530 g/mol. The van der Waals surface area contributed by atoms with Crippen molar-refractivity contribution in [2.75, 3.05) is 11.5 Å². The molecule has 7 heteroatoms. The fourth-order valence-electron chi connectivity index (χ4n) is 4.34. The van der Waals surface area contributed by atoms with E-state index in [-0.39, 0.29) is 17.1 Å². The third-order valence-corrected chi connectivity index (χ3v) is 7.13. The molecule has 2 heterocycles. The van der Waals surface area contributed by atoms with Crippen molar-refractivity contribution in [2.45, 2.75) is 32.7 Å². The molecule has 0 radical (unpaired) electrons. The number of fused-ring (bicyclic) bond motifs is 2. The predicted molar refractivity (Wildman–Crippen MR) is 142 cm³/mol. The SMILES string of the molecule is CCCCOc1ccc(C2c3c(oc4ccc(Br)cc4c3=O)C(=O)N2c2ccc(C)c(Cl)c2)cc1. The van der Waals surface area contributed by atoms with Crippen molar-refractivity contribution in [2.24, 2.45) is 0 Å². The first-order chi connectivity index (χ1) is 16.9. The van der Waals surface area contributed by atoms with E-state index in [1.165, 1.54) is 0 Å². The van der Waals surface area contributed by atoms with Crippen LogP contribution in [0.3, 0.4) is 0 Å². The van der Waals surface area contributed by atoms with Crippen LogP contribution in [0.4, 0.5) is 5.69 Å². The van der Waals surface area contributed by atoms with Crippen LogP contribution in [-0.2, 0) is 0 Å². The standard InChI is InChI=1S/C28H23BrClNO4/c1-3-4-13-34-20-10-6-17(7-11-20)25-24-26(32)21-14-18(29)8-12-23(21)35-27(24)28(33)31(25)19-9-5-16(2)22(30)15-19/h5-12,14-15,25H,3-4,13H2,1-2H3. The summed E-state index contributed by atoms with van der Waals surface area (Å²) in [7, 11) is 0. The number of nitrogens with zero attached hydrogens (tertiary/aromatic N) is 1. The van der Waals surface area contributed by atoms with Crippen LogP contribution in [0, 0.1) is 6.92 Å². The van der Waals surface area contributed by atoms with Gasteiger partial charge in [0, 0.05) is 15.2 Å². The Morgan fingerprint density at radius 1 is 1.06 bits per heavy atom. The number of hydrogen-bond acceptors (Lipinski definition) is 4. The second-order valence-corrected chi connectivity index (χ2v) is 9.92. The fourth-order valence-corrected chi connectivity index (χ4v) is 4.87. The molecule has 0 saturated carbocycles. The summed E-state index contributed by atoms with van der Waals surface area (Å²) in [6.45, 7) is 4.65. The van der Waals surface area contributed by atoms with Gasteiger partial charge in [-0.1, -0.05) is 59.1 Å². The van der Waals surface area contributed by atoms with E-state index >= 15 is 0 Å². The predicted octanol–water partition coefficient (Wildman–Crippen LogP) is 7.45. The lowest BCUT2D eigenvalue weighted by Gasteiger charge is -2.26. The summed E-state index contributed by atoms with van der Waals surface area (Å²) in [5.74, 6) is 0.413. The van der Waals surface area contributed by atoms with E-state index in [0.29, 0.717) is 33.8 Å². The molecule has 35 heavy (non-hydrogen) atoms. The van der Waals surface area contributed by atoms with Crippen LogP contribution in [0.5, 0.6) is 5.75 Å². The summed E-state index contributed by atoms with van der Waals surface area (Å²) in [6, 6.07) is 17.5. The van der Waals surface area contributed by atoms with E-state index in [9.17, 15) is 9.59 Å². The maximum atomic E-state index is 13.7. The Morgan fingerprint density at radius 3 is 2.54 bits per heavy atom. The Labute approximate surface area is 216 Å². The van der Waals surface area contributed by atoms with Gasteiger partial charge in [-0.05, 0) is 66.9 Å². The van der Waals surface area contributed by atoms with Crippen LogP contribution < -0.4 is 15.1 Å². The van der Waals surface area contributed by atoms with Gasteiger partial charge in [0.1, 0.15) is 11.3 Å². The zero-order valence-corrected chi connectivity index (χ0v) is 21.7. The number of benzene rings is 3. The fraction of sp³-hybridized carbons (Fsp3) is 0.214. The summed E-state index contributed by atoms with van der Waals surface area (Å²) in [5, 5.41) is 0.956. The molecule has 1 amide bonds. The Morgan fingerprint density at radius 2 is 1.83 bits per heavy atom. The first kappa shape index (κ1) is 23.6. The molecule has 0 bridgehead atoms. The molecule has 0 fully saturated rings. The van der Waals surface area contributed by atoms with Crippen LogP contribution in [0.25, 0.3) is 11.0 Å². The van der Waals surface area contributed by atoms with Crippen LogP contribution in [0.1, 0.15) is 53.1 Å². The lowest BCUT2D eigenvalue weighted by Crippen LogP contribution is -2.29. The van der Waals surface area contributed by atoms with Crippen molar-refractivity contribution in [3.05, 3.63) is 103 Å². The average Bonchev–Trinajstić information content (AvgIpc) is 3.14. The second-order valence-electron chi connectivity index (χ2n) is 8.60. The molecule has 1 aromatic heterocycles. The Kier molecular flexibility index (Phi) is 6.43. The van der Waals surface area contributed by atoms with Crippen molar-refractivity contribution in [1.29, 1.82) is 0 Å². The first-order valence-corrected chi connectivity index (χ1v) is 12.6. The molecule has 5 rings (SSSR count). The molecular formula is C28H23BrClNO4. The minimum Gasteiger partial charge on any atom is -0.494 e. The molecule has 0 saturated heterocycles. The average molecular weight is 553 g/mol. The van der Waals surface area contributed by atoms with Gasteiger partial charge in [0.25, 0.3) is 5.91 Å². The smallest absolute Gasteiger partial charge is 0.295 e. The van der Waals surface area contributed by atoms with Gasteiger partial charge < -0.3 is 9.15 Å². The molecule has 3 aromatic carbocycles. The summed E-state index contributed by atoms with van der Waals surface area (Å²) in [4.78, 5) is 29.0. The van der Waals surface area contributed by atoms with Gasteiger partial charge >= 0.3 is 0 Å². The number of rotatable bonds is 6. The zero-order valence-electron chi connectivity index (χ0n) is 19.3. The number of aryl methyl sites for hydroxylation is 1. The summed E-state index contributed by atoms with van der Waals surface area (Å²) < 4.78 is 12.6. The molecule has 0 spiro atoms. The van der Waals surface area contributed by atoms with Crippen molar-refractivity contribution in [1.82, 2.24) is 0 Å². The molecule has 0 N–H and O–H groups in total. The minimum absolute atomic E-state index is 0.0507. The van der Waals surface area contributed by atoms with Gasteiger partial charge in [0.05, 0.1) is 23.6 Å². The van der Waals surface area contributed by atoms with E-state index in [0.717, 1.165) is 34.2 Å². The molecule has 0 aliphatic carbocycles. The highest BCUT2D eigenvalue weighted by atomic mass is 79.9. The van der Waals surface area contributed by atoms with Crippen molar-refractivity contribution >= 4 is 50.1 Å². The molecule has 1 aliphatic rings. The Bertz CT molecular complexity index is 1500. The third-order valence-electron chi connectivity index (χ3n) is 6.23. The molecule has 1 atom stereocenters. The van der Waals surface area contributed by atoms with Gasteiger partial charge in [-0.3, -0.25) is 14.5 Å². The normalized spacial score (nSPS) is 15.0. The topological polar surface area (TPSA) is 59.8 Å². The minimum atomic E-state index is -0.666. The van der Waals surface area contributed by atoms with Crippen LogP contribution in [-0.4, -0.2) is 12.5 Å². The Balaban J connectivity index is 1.68. The van der Waals surface area contributed by atoms with E-state index in [2.05, 4.69) is 22.9 Å². The molecule has 5 nitrogen and oxygen atoms in total. The van der Waals surface area contributed by atoms with Gasteiger partial charge in [-0.25, -0.2) is 0 Å². The van der Waals surface area contributed by atoms with Gasteiger partial charge in [0.15, 0.2) is 5.43 Å². The number of carbonyl (C=O) groups is 1. The largest absolute Gasteiger partial charge is 0.494 e. The third kappa shape index (κ3) is 4.26. The van der Waals surface area contributed by atoms with Crippen molar-refractivity contribution in [3.63, 3.8) is 0 Å². The van der Waals surface area contributed by atoms with Crippen LogP contribution in [0.15, 0.2) is 74.3 Å². The molecule has 4 aromatic rings. The lowest BCUT2D eigenvalue weighted by atomic mass is 9.98.